The molecule has 0 bridgehead atoms. The third-order valence-electron chi connectivity index (χ3n) is 2.70. The Morgan fingerprint density at radius 2 is 2.07 bits per heavy atom. The summed E-state index contributed by atoms with van der Waals surface area (Å²) in [5.74, 6) is -0.553. The molecule has 2 unspecified atom stereocenters. The van der Waals surface area contributed by atoms with Gasteiger partial charge in [0.25, 0.3) is 0 Å². The van der Waals surface area contributed by atoms with E-state index in [0.29, 0.717) is 25.8 Å². The van der Waals surface area contributed by atoms with Crippen LogP contribution < -0.4 is 5.32 Å². The summed E-state index contributed by atoms with van der Waals surface area (Å²) in [7, 11) is 0. The summed E-state index contributed by atoms with van der Waals surface area (Å²) in [5.41, 5.74) is 0. The predicted octanol–water partition coefficient (Wildman–Crippen LogP) is -0.173. The topological polar surface area (TPSA) is 66.5 Å². The van der Waals surface area contributed by atoms with Gasteiger partial charge in [0.2, 0.25) is 17.7 Å². The highest BCUT2D eigenvalue weighted by molar-refractivity contribution is 14.1. The fraction of sp³-hybridized carbons (Fsp3) is 0.667. The Morgan fingerprint density at radius 1 is 1.33 bits per heavy atom. The zero-order valence-electron chi connectivity index (χ0n) is 8.03. The van der Waals surface area contributed by atoms with Crippen LogP contribution in [-0.4, -0.2) is 39.1 Å². The van der Waals surface area contributed by atoms with Crippen LogP contribution in [0.5, 0.6) is 0 Å². The van der Waals surface area contributed by atoms with Gasteiger partial charge in [0, 0.05) is 23.3 Å². The maximum atomic E-state index is 11.6. The number of piperidine rings is 1. The number of imide groups is 1. The molecular weight excluding hydrogens is 311 g/mol. The molecule has 6 heteroatoms. The van der Waals surface area contributed by atoms with Crippen LogP contribution in [0.4, 0.5) is 0 Å². The first kappa shape index (κ1) is 10.8. The van der Waals surface area contributed by atoms with Crippen LogP contribution in [0.2, 0.25) is 0 Å². The first-order valence-electron chi connectivity index (χ1n) is 4.85. The maximum Gasteiger partial charge on any atom is 0.249 e. The number of carbonyl (C=O) groups is 3. The number of rotatable bonds is 1. The summed E-state index contributed by atoms with van der Waals surface area (Å²) in [6.07, 6.45) is 1.28. The molecule has 0 aliphatic carbocycles. The van der Waals surface area contributed by atoms with E-state index in [-0.39, 0.29) is 21.6 Å². The van der Waals surface area contributed by atoms with Crippen molar-refractivity contribution in [3.63, 3.8) is 0 Å². The van der Waals surface area contributed by atoms with Crippen molar-refractivity contribution in [2.75, 3.05) is 6.54 Å². The van der Waals surface area contributed by atoms with Crippen molar-refractivity contribution < 1.29 is 14.4 Å². The largest absolute Gasteiger partial charge is 0.330 e. The van der Waals surface area contributed by atoms with Crippen molar-refractivity contribution in [1.29, 1.82) is 0 Å². The van der Waals surface area contributed by atoms with E-state index in [0.717, 1.165) is 0 Å². The van der Waals surface area contributed by atoms with Crippen molar-refractivity contribution in [3.8, 4) is 0 Å². The van der Waals surface area contributed by atoms with Crippen LogP contribution >= 0.6 is 22.6 Å². The number of nitrogens with zero attached hydrogens (tertiary/aromatic N) is 1. The third kappa shape index (κ3) is 2.14. The summed E-state index contributed by atoms with van der Waals surface area (Å²) >= 11 is 2.21. The Morgan fingerprint density at radius 3 is 2.60 bits per heavy atom. The molecule has 2 saturated heterocycles. The van der Waals surface area contributed by atoms with E-state index in [1.807, 2.05) is 0 Å². The Bertz CT molecular complexity index is 331. The van der Waals surface area contributed by atoms with E-state index in [9.17, 15) is 14.4 Å². The van der Waals surface area contributed by atoms with Gasteiger partial charge in [0.1, 0.15) is 6.04 Å². The minimum atomic E-state index is -0.435. The first-order valence-corrected chi connectivity index (χ1v) is 6.09. The van der Waals surface area contributed by atoms with Crippen molar-refractivity contribution in [1.82, 2.24) is 10.2 Å². The van der Waals surface area contributed by atoms with Crippen molar-refractivity contribution >= 4 is 40.3 Å². The van der Waals surface area contributed by atoms with Crippen LogP contribution in [0, 0.1) is 0 Å². The number of alkyl halides is 1. The molecule has 2 rings (SSSR count). The third-order valence-corrected chi connectivity index (χ3v) is 3.53. The molecule has 0 aromatic carbocycles. The molecule has 3 amide bonds. The maximum absolute atomic E-state index is 11.6. The average Bonchev–Trinajstić information content (AvgIpc) is 2.45. The highest BCUT2D eigenvalue weighted by Gasteiger charge is 2.38. The van der Waals surface area contributed by atoms with Crippen LogP contribution in [0.25, 0.3) is 0 Å². The van der Waals surface area contributed by atoms with Gasteiger partial charge in [0.15, 0.2) is 0 Å². The van der Waals surface area contributed by atoms with Crippen molar-refractivity contribution in [3.05, 3.63) is 0 Å². The van der Waals surface area contributed by atoms with E-state index in [1.165, 1.54) is 0 Å². The van der Waals surface area contributed by atoms with Gasteiger partial charge in [-0.2, -0.15) is 0 Å². The summed E-state index contributed by atoms with van der Waals surface area (Å²) in [6.45, 7) is 0.617. The summed E-state index contributed by atoms with van der Waals surface area (Å²) in [5, 5.41) is 2.27. The molecular formula is C9H11IN2O3. The molecule has 2 aliphatic rings. The van der Waals surface area contributed by atoms with Crippen LogP contribution in [0.1, 0.15) is 19.3 Å². The predicted molar refractivity (Wildman–Crippen MR) is 60.3 cm³/mol. The molecule has 0 radical (unpaired) electrons. The molecule has 2 fully saturated rings. The van der Waals surface area contributed by atoms with E-state index in [2.05, 4.69) is 27.9 Å². The number of carbonyl (C=O) groups excluding carboxylic acids is 3. The number of nitrogens with one attached hydrogen (secondary N) is 1. The minimum absolute atomic E-state index is 0.0175. The van der Waals surface area contributed by atoms with Gasteiger partial charge in [-0.05, 0) is 6.42 Å². The second-order valence-electron chi connectivity index (χ2n) is 3.81. The molecule has 1 N–H and O–H groups in total. The van der Waals surface area contributed by atoms with E-state index in [4.69, 9.17) is 0 Å². The lowest BCUT2D eigenvalue weighted by Crippen LogP contribution is -2.53. The molecule has 0 aromatic rings. The number of hydrogen-bond acceptors (Lipinski definition) is 3. The normalized spacial score (nSPS) is 32.1. The summed E-state index contributed by atoms with van der Waals surface area (Å²) < 4.78 is 0.278. The van der Waals surface area contributed by atoms with Gasteiger partial charge in [-0.3, -0.25) is 19.7 Å². The second-order valence-corrected chi connectivity index (χ2v) is 5.58. The molecule has 2 atom stereocenters. The number of hydrogen-bond donors (Lipinski definition) is 1. The van der Waals surface area contributed by atoms with E-state index < -0.39 is 6.04 Å². The quantitative estimate of drug-likeness (QED) is 0.414. The second kappa shape index (κ2) is 4.07. The zero-order valence-corrected chi connectivity index (χ0v) is 10.2. The lowest BCUT2D eigenvalue weighted by molar-refractivity contribution is -0.143. The molecule has 0 saturated carbocycles. The molecule has 82 valence electrons. The first-order chi connectivity index (χ1) is 7.08. The standard InChI is InChI=1S/C9H11IN2O3/c10-5-3-8(14)12(4-5)6-1-2-7(13)11-9(6)15/h5-6H,1-4H2,(H,11,13,15). The number of likely N-dealkylation sites (tertiary alicyclic amines) is 1. The Labute approximate surface area is 101 Å². The molecule has 2 aliphatic heterocycles. The highest BCUT2D eigenvalue weighted by atomic mass is 127. The highest BCUT2D eigenvalue weighted by Crippen LogP contribution is 2.23. The van der Waals surface area contributed by atoms with Gasteiger partial charge in [-0.15, -0.1) is 0 Å². The molecule has 15 heavy (non-hydrogen) atoms. The van der Waals surface area contributed by atoms with Crippen molar-refractivity contribution in [2.24, 2.45) is 0 Å². The van der Waals surface area contributed by atoms with Gasteiger partial charge in [0.05, 0.1) is 0 Å². The van der Waals surface area contributed by atoms with Crippen LogP contribution in [0.3, 0.4) is 0 Å². The van der Waals surface area contributed by atoms with Gasteiger partial charge < -0.3 is 4.90 Å². The van der Waals surface area contributed by atoms with Crippen LogP contribution in [0.15, 0.2) is 0 Å². The zero-order chi connectivity index (χ0) is 11.0. The Kier molecular flexibility index (Phi) is 2.94. The fourth-order valence-electron chi connectivity index (χ4n) is 1.97. The van der Waals surface area contributed by atoms with Crippen LogP contribution in [-0.2, 0) is 14.4 Å². The lowest BCUT2D eigenvalue weighted by Gasteiger charge is -2.29. The molecule has 0 aromatic heterocycles. The van der Waals surface area contributed by atoms with E-state index >= 15 is 0 Å². The fourth-order valence-corrected chi connectivity index (χ4v) is 2.77. The number of halogens is 1. The number of amides is 3. The SMILES string of the molecule is O=C1CCC(N2CC(I)CC2=O)C(=O)N1. The van der Waals surface area contributed by atoms with Gasteiger partial charge >= 0.3 is 0 Å². The lowest BCUT2D eigenvalue weighted by atomic mass is 10.1. The van der Waals surface area contributed by atoms with Crippen molar-refractivity contribution in [2.45, 2.75) is 29.2 Å². The Hall–Kier alpha value is -0.660. The molecule has 5 nitrogen and oxygen atoms in total. The smallest absolute Gasteiger partial charge is 0.249 e. The molecule has 2 heterocycles. The Balaban J connectivity index is 2.07. The summed E-state index contributed by atoms with van der Waals surface area (Å²) in [6, 6.07) is -0.435. The van der Waals surface area contributed by atoms with E-state index in [1.54, 1.807) is 4.90 Å². The summed E-state index contributed by atoms with van der Waals surface area (Å²) in [4.78, 5) is 35.6. The minimum Gasteiger partial charge on any atom is -0.330 e. The monoisotopic (exact) mass is 322 g/mol. The van der Waals surface area contributed by atoms with Gasteiger partial charge in [-0.1, -0.05) is 22.6 Å². The average molecular weight is 322 g/mol. The molecule has 0 spiro atoms. The van der Waals surface area contributed by atoms with Gasteiger partial charge in [-0.25, -0.2) is 0 Å².